The molecule has 1 unspecified atom stereocenters. The first kappa shape index (κ1) is 12.6. The summed E-state index contributed by atoms with van der Waals surface area (Å²) in [5.41, 5.74) is 5.90. The third-order valence-electron chi connectivity index (χ3n) is 2.70. The Morgan fingerprint density at radius 2 is 2.18 bits per heavy atom. The number of aliphatic hydroxyl groups excluding tert-OH is 1. The maximum Gasteiger partial charge on any atom is 0.244 e. The molecule has 2 rings (SSSR count). The molecule has 0 saturated carbocycles. The summed E-state index contributed by atoms with van der Waals surface area (Å²) < 4.78 is 25.7. The Morgan fingerprint density at radius 3 is 2.76 bits per heavy atom. The molecule has 1 aromatic carbocycles. The van der Waals surface area contributed by atoms with Gasteiger partial charge in [0.1, 0.15) is 4.90 Å². The summed E-state index contributed by atoms with van der Waals surface area (Å²) >= 11 is 5.87. The molecule has 1 aromatic rings. The molecule has 1 aliphatic rings. The van der Waals surface area contributed by atoms with Crippen molar-refractivity contribution in [1.82, 2.24) is 4.31 Å². The highest BCUT2D eigenvalue weighted by atomic mass is 35.5. The van der Waals surface area contributed by atoms with Gasteiger partial charge in [-0.05, 0) is 24.6 Å². The molecule has 0 aliphatic carbocycles. The first-order valence-corrected chi connectivity index (χ1v) is 6.96. The number of benzene rings is 1. The van der Waals surface area contributed by atoms with Crippen molar-refractivity contribution < 1.29 is 13.5 Å². The molecule has 7 heteroatoms. The zero-order chi connectivity index (χ0) is 12.6. The van der Waals surface area contributed by atoms with Crippen molar-refractivity contribution in [2.75, 3.05) is 18.8 Å². The van der Waals surface area contributed by atoms with E-state index < -0.39 is 16.1 Å². The van der Waals surface area contributed by atoms with E-state index in [0.717, 1.165) is 0 Å². The Kier molecular flexibility index (Phi) is 3.31. The van der Waals surface area contributed by atoms with E-state index in [0.29, 0.717) is 18.7 Å². The molecule has 1 fully saturated rings. The number of sulfonamides is 1. The molecule has 0 aromatic heterocycles. The van der Waals surface area contributed by atoms with Crippen molar-refractivity contribution in [1.29, 1.82) is 0 Å². The van der Waals surface area contributed by atoms with Gasteiger partial charge in [0.15, 0.2) is 0 Å². The minimum absolute atomic E-state index is 0.00623. The van der Waals surface area contributed by atoms with Crippen molar-refractivity contribution in [2.45, 2.75) is 17.4 Å². The van der Waals surface area contributed by atoms with Gasteiger partial charge in [-0.1, -0.05) is 11.6 Å². The first-order chi connectivity index (χ1) is 7.91. The molecule has 1 heterocycles. The molecule has 1 aliphatic heterocycles. The topological polar surface area (TPSA) is 83.6 Å². The summed E-state index contributed by atoms with van der Waals surface area (Å²) in [4.78, 5) is -0.00623. The van der Waals surface area contributed by atoms with E-state index in [1.54, 1.807) is 6.07 Å². The third kappa shape index (κ3) is 2.40. The number of hydrogen-bond acceptors (Lipinski definition) is 4. The second-order valence-corrected chi connectivity index (χ2v) is 6.31. The zero-order valence-corrected chi connectivity index (χ0v) is 10.6. The Hall–Kier alpha value is -0.820. The van der Waals surface area contributed by atoms with Gasteiger partial charge in [-0.3, -0.25) is 0 Å². The van der Waals surface area contributed by atoms with Gasteiger partial charge in [0.25, 0.3) is 0 Å². The number of β-amino-alcohol motifs (C(OH)–C–C–N with tert-alkyl or cyclic N) is 1. The van der Waals surface area contributed by atoms with Crippen molar-refractivity contribution in [3.8, 4) is 0 Å². The Bertz CT molecular complexity index is 532. The maximum atomic E-state index is 12.2. The lowest BCUT2D eigenvalue weighted by atomic mass is 10.3. The van der Waals surface area contributed by atoms with Crippen LogP contribution in [0.3, 0.4) is 0 Å². The molecule has 3 N–H and O–H groups in total. The third-order valence-corrected chi connectivity index (χ3v) is 5.05. The highest BCUT2D eigenvalue weighted by molar-refractivity contribution is 7.89. The van der Waals surface area contributed by atoms with Crippen LogP contribution in [0.2, 0.25) is 5.02 Å². The Balaban J connectivity index is 2.41. The molecule has 1 atom stereocenters. The van der Waals surface area contributed by atoms with Gasteiger partial charge in [0, 0.05) is 18.8 Å². The average molecular weight is 277 g/mol. The van der Waals surface area contributed by atoms with Gasteiger partial charge in [0.05, 0.1) is 11.1 Å². The van der Waals surface area contributed by atoms with E-state index >= 15 is 0 Å². The van der Waals surface area contributed by atoms with Crippen LogP contribution in [0.25, 0.3) is 0 Å². The van der Waals surface area contributed by atoms with E-state index in [-0.39, 0.29) is 16.5 Å². The second kappa shape index (κ2) is 4.45. The predicted molar refractivity (Wildman–Crippen MR) is 65.2 cm³/mol. The standard InChI is InChI=1S/C10H13ClN2O3S/c11-9-2-1-7(12)5-10(9)17(15,16)13-4-3-8(14)6-13/h1-2,5,8,14H,3-4,6,12H2. The SMILES string of the molecule is Nc1ccc(Cl)c(S(=O)(=O)N2CCC(O)C2)c1. The molecular formula is C10H13ClN2O3S. The number of nitrogens with two attached hydrogens (primary N) is 1. The number of nitrogen functional groups attached to an aromatic ring is 1. The Morgan fingerprint density at radius 1 is 1.47 bits per heavy atom. The molecular weight excluding hydrogens is 264 g/mol. The fourth-order valence-electron chi connectivity index (χ4n) is 1.79. The van der Waals surface area contributed by atoms with E-state index in [4.69, 9.17) is 17.3 Å². The van der Waals surface area contributed by atoms with Crippen molar-refractivity contribution in [3.05, 3.63) is 23.2 Å². The normalized spacial score (nSPS) is 21.9. The summed E-state index contributed by atoms with van der Waals surface area (Å²) in [5, 5.41) is 9.51. The Labute approximate surface area is 105 Å². The summed E-state index contributed by atoms with van der Waals surface area (Å²) in [5.74, 6) is 0. The van der Waals surface area contributed by atoms with E-state index in [1.807, 2.05) is 0 Å². The van der Waals surface area contributed by atoms with Crippen LogP contribution in [0.1, 0.15) is 6.42 Å². The van der Waals surface area contributed by atoms with Gasteiger partial charge in [-0.2, -0.15) is 4.31 Å². The van der Waals surface area contributed by atoms with E-state index in [2.05, 4.69) is 0 Å². The smallest absolute Gasteiger partial charge is 0.244 e. The summed E-state index contributed by atoms with van der Waals surface area (Å²) in [6.07, 6.45) is -0.163. The van der Waals surface area contributed by atoms with Crippen LogP contribution in [-0.2, 0) is 10.0 Å². The quantitative estimate of drug-likeness (QED) is 0.778. The fraction of sp³-hybridized carbons (Fsp3) is 0.400. The van der Waals surface area contributed by atoms with Gasteiger partial charge in [-0.25, -0.2) is 8.42 Å². The van der Waals surface area contributed by atoms with Gasteiger partial charge in [-0.15, -0.1) is 0 Å². The van der Waals surface area contributed by atoms with Crippen LogP contribution in [0.5, 0.6) is 0 Å². The number of rotatable bonds is 2. The molecule has 0 amide bonds. The van der Waals surface area contributed by atoms with Gasteiger partial charge < -0.3 is 10.8 Å². The van der Waals surface area contributed by atoms with Crippen molar-refractivity contribution >= 4 is 27.3 Å². The number of hydrogen-bond donors (Lipinski definition) is 2. The van der Waals surface area contributed by atoms with Crippen LogP contribution in [0.4, 0.5) is 5.69 Å². The average Bonchev–Trinajstić information content (AvgIpc) is 2.69. The molecule has 94 valence electrons. The van der Waals surface area contributed by atoms with Crippen molar-refractivity contribution in [2.24, 2.45) is 0 Å². The molecule has 0 radical (unpaired) electrons. The minimum atomic E-state index is -3.66. The van der Waals surface area contributed by atoms with Gasteiger partial charge >= 0.3 is 0 Å². The summed E-state index contributed by atoms with van der Waals surface area (Å²) in [6, 6.07) is 4.33. The maximum absolute atomic E-state index is 12.2. The van der Waals surface area contributed by atoms with Crippen molar-refractivity contribution in [3.63, 3.8) is 0 Å². The highest BCUT2D eigenvalue weighted by Gasteiger charge is 2.32. The lowest BCUT2D eigenvalue weighted by Crippen LogP contribution is -2.30. The largest absolute Gasteiger partial charge is 0.399 e. The fourth-order valence-corrected chi connectivity index (χ4v) is 3.79. The summed E-state index contributed by atoms with van der Waals surface area (Å²) in [6.45, 7) is 0.405. The number of nitrogens with zero attached hydrogens (tertiary/aromatic N) is 1. The molecule has 5 nitrogen and oxygen atoms in total. The number of halogens is 1. The van der Waals surface area contributed by atoms with Crippen LogP contribution in [-0.4, -0.2) is 37.0 Å². The zero-order valence-electron chi connectivity index (χ0n) is 9.01. The predicted octanol–water partition coefficient (Wildman–Crippen LogP) is 0.678. The highest BCUT2D eigenvalue weighted by Crippen LogP contribution is 2.28. The monoisotopic (exact) mass is 276 g/mol. The van der Waals surface area contributed by atoms with Crippen LogP contribution < -0.4 is 5.73 Å². The second-order valence-electron chi connectivity index (χ2n) is 4.00. The van der Waals surface area contributed by atoms with Crippen LogP contribution in [0.15, 0.2) is 23.1 Å². The molecule has 17 heavy (non-hydrogen) atoms. The molecule has 0 spiro atoms. The number of aliphatic hydroxyl groups is 1. The van der Waals surface area contributed by atoms with E-state index in [1.165, 1.54) is 16.4 Å². The van der Waals surface area contributed by atoms with Crippen LogP contribution >= 0.6 is 11.6 Å². The minimum Gasteiger partial charge on any atom is -0.399 e. The van der Waals surface area contributed by atoms with E-state index in [9.17, 15) is 13.5 Å². The lowest BCUT2D eigenvalue weighted by molar-refractivity contribution is 0.189. The lowest BCUT2D eigenvalue weighted by Gasteiger charge is -2.16. The first-order valence-electron chi connectivity index (χ1n) is 5.14. The molecule has 1 saturated heterocycles. The summed E-state index contributed by atoms with van der Waals surface area (Å²) in [7, 11) is -3.66. The number of anilines is 1. The van der Waals surface area contributed by atoms with Crippen LogP contribution in [0, 0.1) is 0 Å². The van der Waals surface area contributed by atoms with Gasteiger partial charge in [0.2, 0.25) is 10.0 Å². The molecule has 0 bridgehead atoms.